The molecular weight excluding hydrogens is 703 g/mol. The number of carbonyl (C=O) groups excluding carboxylic acids is 1. The van der Waals surface area contributed by atoms with Gasteiger partial charge in [0.15, 0.2) is 5.75 Å². The largest absolute Gasteiger partial charge is 0.485 e. The van der Waals surface area contributed by atoms with Crippen LogP contribution in [0.25, 0.3) is 10.9 Å². The second-order valence-electron chi connectivity index (χ2n) is 11.8. The number of nitrogens with zero attached hydrogens (tertiary/aromatic N) is 4. The Morgan fingerprint density at radius 1 is 1.12 bits per heavy atom. The first kappa shape index (κ1) is 28.7. The van der Waals surface area contributed by atoms with Crippen LogP contribution in [-0.2, 0) is 16.1 Å². The fraction of sp³-hybridized carbons (Fsp3) is 0.500. The van der Waals surface area contributed by atoms with Gasteiger partial charge < -0.3 is 28.7 Å². The maximum Gasteiger partial charge on any atom is 0.410 e. The molecule has 2 aromatic carbocycles. The first-order valence-corrected chi connectivity index (χ1v) is 15.9. The molecule has 9 nitrogen and oxygen atoms in total. The molecule has 6 rings (SSSR count). The van der Waals surface area contributed by atoms with E-state index >= 15 is 0 Å². The van der Waals surface area contributed by atoms with E-state index in [1.54, 1.807) is 0 Å². The third-order valence-electron chi connectivity index (χ3n) is 7.61. The maximum atomic E-state index is 12.9. The van der Waals surface area contributed by atoms with E-state index in [-0.39, 0.29) is 24.3 Å². The molecule has 0 aliphatic carbocycles. The number of hydrogen-bond acceptors (Lipinski definition) is 8. The van der Waals surface area contributed by atoms with E-state index in [0.717, 1.165) is 44.1 Å². The normalized spacial score (nSPS) is 21.0. The fourth-order valence-corrected chi connectivity index (χ4v) is 6.67. The summed E-state index contributed by atoms with van der Waals surface area (Å²) in [4.78, 5) is 27.0. The minimum atomic E-state index is -0.530. The topological polar surface area (TPSA) is 86.3 Å². The van der Waals surface area contributed by atoms with Gasteiger partial charge in [-0.1, -0.05) is 30.3 Å². The highest BCUT2D eigenvalue weighted by atomic mass is 127. The minimum Gasteiger partial charge on any atom is -0.485 e. The molecule has 0 spiro atoms. The van der Waals surface area contributed by atoms with Crippen LogP contribution in [0.4, 0.5) is 10.6 Å². The van der Waals surface area contributed by atoms with Crippen LogP contribution >= 0.6 is 38.5 Å². The maximum absolute atomic E-state index is 12.9. The number of anilines is 1. The number of piperazine rings is 1. The van der Waals surface area contributed by atoms with Crippen LogP contribution in [0.3, 0.4) is 0 Å². The van der Waals surface area contributed by atoms with Gasteiger partial charge in [-0.15, -0.1) is 0 Å². The van der Waals surface area contributed by atoms with E-state index in [1.807, 2.05) is 56.0 Å². The van der Waals surface area contributed by atoms with Gasteiger partial charge in [0.25, 0.3) is 0 Å². The molecule has 3 saturated heterocycles. The summed E-state index contributed by atoms with van der Waals surface area (Å²) in [5.41, 5.74) is 1.24. The summed E-state index contributed by atoms with van der Waals surface area (Å²) >= 11 is 6.08. The lowest BCUT2D eigenvalue weighted by atomic mass is 10.1. The molecule has 0 saturated carbocycles. The zero-order valence-corrected chi connectivity index (χ0v) is 27.2. The van der Waals surface area contributed by atoms with Crippen molar-refractivity contribution in [2.45, 2.75) is 70.4 Å². The fourth-order valence-electron chi connectivity index (χ4n) is 5.69. The Bertz CT molecular complexity index is 1430. The molecule has 3 aliphatic heterocycles. The lowest BCUT2D eigenvalue weighted by molar-refractivity contribution is 0.0206. The molecule has 2 atom stereocenters. The van der Waals surface area contributed by atoms with Crippen molar-refractivity contribution < 1.29 is 23.7 Å². The summed E-state index contributed by atoms with van der Waals surface area (Å²) in [5, 5.41) is 0.899. The number of likely N-dealkylation sites (tertiary alicyclic amines) is 1. The second kappa shape index (κ2) is 11.7. The van der Waals surface area contributed by atoms with Crippen molar-refractivity contribution in [1.82, 2.24) is 14.9 Å². The minimum absolute atomic E-state index is 0.00675. The lowest BCUT2D eigenvalue weighted by Crippen LogP contribution is -2.50. The van der Waals surface area contributed by atoms with Gasteiger partial charge in [0.1, 0.15) is 29.6 Å². The summed E-state index contributed by atoms with van der Waals surface area (Å²) in [7, 11) is 0. The zero-order chi connectivity index (χ0) is 28.7. The van der Waals surface area contributed by atoms with Crippen LogP contribution in [0.5, 0.6) is 11.8 Å². The van der Waals surface area contributed by atoms with E-state index in [2.05, 4.69) is 49.5 Å². The van der Waals surface area contributed by atoms with Crippen molar-refractivity contribution in [2.75, 3.05) is 31.2 Å². The predicted octanol–water partition coefficient (Wildman–Crippen LogP) is 6.33. The Morgan fingerprint density at radius 2 is 1.88 bits per heavy atom. The van der Waals surface area contributed by atoms with E-state index in [0.29, 0.717) is 50.2 Å². The summed E-state index contributed by atoms with van der Waals surface area (Å²) in [6.07, 6.45) is 2.20. The summed E-state index contributed by atoms with van der Waals surface area (Å²) in [6.45, 7) is 8.68. The smallest absolute Gasteiger partial charge is 0.410 e. The van der Waals surface area contributed by atoms with Crippen molar-refractivity contribution in [3.05, 3.63) is 50.0 Å². The van der Waals surface area contributed by atoms with Gasteiger partial charge in [0.2, 0.25) is 0 Å². The van der Waals surface area contributed by atoms with E-state index < -0.39 is 5.60 Å². The van der Waals surface area contributed by atoms with Gasteiger partial charge in [-0.05, 0) is 77.3 Å². The van der Waals surface area contributed by atoms with Crippen LogP contribution in [0.1, 0.15) is 45.6 Å². The molecule has 11 heteroatoms. The number of carbonyl (C=O) groups is 1. The number of ether oxygens (including phenoxy) is 4. The molecule has 41 heavy (non-hydrogen) atoms. The van der Waals surface area contributed by atoms with Gasteiger partial charge in [0, 0.05) is 34.9 Å². The van der Waals surface area contributed by atoms with E-state index in [9.17, 15) is 4.79 Å². The number of fused-ring (bicyclic) bond motifs is 3. The van der Waals surface area contributed by atoms with Crippen LogP contribution in [-0.4, -0.2) is 71.1 Å². The first-order chi connectivity index (χ1) is 19.7. The molecule has 0 N–H and O–H groups in total. The third kappa shape index (κ3) is 6.22. The average Bonchev–Trinajstić information content (AvgIpc) is 3.55. The Kier molecular flexibility index (Phi) is 8.21. The Morgan fingerprint density at radius 3 is 2.56 bits per heavy atom. The highest BCUT2D eigenvalue weighted by molar-refractivity contribution is 14.1. The van der Waals surface area contributed by atoms with E-state index in [1.165, 1.54) is 0 Å². The number of hydrogen-bond donors (Lipinski definition) is 0. The molecule has 0 radical (unpaired) electrons. The first-order valence-electron chi connectivity index (χ1n) is 14.0. The monoisotopic (exact) mass is 736 g/mol. The molecule has 3 aliphatic rings. The molecule has 218 valence electrons. The Hall–Kier alpha value is -2.38. The SMILES string of the molecule is CC(C)(C)OC(=O)N1C[C@@H]2C[C@H]1CN2c1nc(OC2CCOCC2)nc2c(OCc3ccccc3)c(Br)c(I)cc12. The molecule has 1 amide bonds. The number of amides is 1. The second-order valence-corrected chi connectivity index (χ2v) is 13.7. The zero-order valence-electron chi connectivity index (χ0n) is 23.4. The molecule has 0 unspecified atom stereocenters. The average molecular weight is 737 g/mol. The molecule has 2 bridgehead atoms. The van der Waals surface area contributed by atoms with Crippen LogP contribution in [0.15, 0.2) is 40.9 Å². The Balaban J connectivity index is 1.36. The number of halogens is 2. The highest BCUT2D eigenvalue weighted by Crippen LogP contribution is 2.44. The molecule has 3 aromatic rings. The van der Waals surface area contributed by atoms with Crippen molar-refractivity contribution >= 4 is 61.3 Å². The van der Waals surface area contributed by atoms with Gasteiger partial charge in [-0.3, -0.25) is 0 Å². The lowest BCUT2D eigenvalue weighted by Gasteiger charge is -2.36. The van der Waals surface area contributed by atoms with Gasteiger partial charge in [-0.25, -0.2) is 4.79 Å². The molecule has 1 aromatic heterocycles. The van der Waals surface area contributed by atoms with E-state index in [4.69, 9.17) is 28.9 Å². The summed E-state index contributed by atoms with van der Waals surface area (Å²) in [5.74, 6) is 1.47. The quantitative estimate of drug-likeness (QED) is 0.272. The molecular formula is C30H34BrIN4O5. The summed E-state index contributed by atoms with van der Waals surface area (Å²) in [6, 6.07) is 12.7. The van der Waals surface area contributed by atoms with Gasteiger partial charge in [0.05, 0.1) is 29.8 Å². The number of benzene rings is 2. The van der Waals surface area contributed by atoms with Crippen molar-refractivity contribution in [2.24, 2.45) is 0 Å². The van der Waals surface area contributed by atoms with Crippen LogP contribution in [0, 0.1) is 3.57 Å². The van der Waals surface area contributed by atoms with Crippen LogP contribution in [0.2, 0.25) is 0 Å². The third-order valence-corrected chi connectivity index (χ3v) is 9.99. The summed E-state index contributed by atoms with van der Waals surface area (Å²) < 4.78 is 25.9. The highest BCUT2D eigenvalue weighted by Gasteiger charge is 2.47. The van der Waals surface area contributed by atoms with Gasteiger partial charge >= 0.3 is 12.1 Å². The van der Waals surface area contributed by atoms with Gasteiger partial charge in [-0.2, -0.15) is 9.97 Å². The van der Waals surface area contributed by atoms with Crippen LogP contribution < -0.4 is 14.4 Å². The van der Waals surface area contributed by atoms with Crippen molar-refractivity contribution in [3.63, 3.8) is 0 Å². The predicted molar refractivity (Wildman–Crippen MR) is 168 cm³/mol. The number of rotatable bonds is 6. The van der Waals surface area contributed by atoms with Crippen molar-refractivity contribution in [3.8, 4) is 11.8 Å². The number of aromatic nitrogens is 2. The Labute approximate surface area is 262 Å². The standard InChI is InChI=1S/C30H34BrIN4O5/c1-30(2,3)41-29(37)36-16-19-13-20(36)15-35(19)27-22-14-23(32)24(31)26(39-17-18-7-5-4-6-8-18)25(22)33-28(34-27)40-21-9-11-38-12-10-21/h4-8,14,19-21H,9-13,15-17H2,1-3H3/t19-,20-/m0/s1. The molecule has 3 fully saturated rings. The molecule has 4 heterocycles. The van der Waals surface area contributed by atoms with Crippen molar-refractivity contribution in [1.29, 1.82) is 0 Å².